The first-order valence-corrected chi connectivity index (χ1v) is 5.28. The van der Waals surface area contributed by atoms with Crippen LogP contribution in [0, 0.1) is 0 Å². The largest absolute Gasteiger partial charge is 0.388 e. The van der Waals surface area contributed by atoms with Crippen LogP contribution < -0.4 is 5.73 Å². The zero-order chi connectivity index (χ0) is 11.1. The van der Waals surface area contributed by atoms with E-state index >= 15 is 0 Å². The van der Waals surface area contributed by atoms with Crippen LogP contribution in [0.25, 0.3) is 0 Å². The molecule has 4 atom stereocenters. The van der Waals surface area contributed by atoms with Crippen molar-refractivity contribution in [1.82, 2.24) is 4.90 Å². The summed E-state index contributed by atoms with van der Waals surface area (Å²) >= 11 is 0. The summed E-state index contributed by atoms with van der Waals surface area (Å²) in [5, 5.41) is 28.7. The molecule has 0 amide bonds. The van der Waals surface area contributed by atoms with E-state index in [4.69, 9.17) is 10.5 Å². The van der Waals surface area contributed by atoms with Gasteiger partial charge in [-0.3, -0.25) is 10.6 Å². The van der Waals surface area contributed by atoms with Gasteiger partial charge >= 0.3 is 0 Å². The highest BCUT2D eigenvalue weighted by molar-refractivity contribution is 4.95. The number of nitrogens with zero attached hydrogens (tertiary/aromatic N) is 1. The monoisotopic (exact) mass is 218 g/mol. The van der Waals surface area contributed by atoms with Crippen molar-refractivity contribution < 1.29 is 20.1 Å². The van der Waals surface area contributed by atoms with Crippen molar-refractivity contribution in [3.63, 3.8) is 0 Å². The van der Waals surface area contributed by atoms with E-state index in [0.29, 0.717) is 0 Å². The first-order chi connectivity index (χ1) is 7.05. The van der Waals surface area contributed by atoms with Gasteiger partial charge in [0.2, 0.25) is 5.85 Å². The highest BCUT2D eigenvalue weighted by Crippen LogP contribution is 2.28. The molecule has 0 radical (unpaired) electrons. The highest BCUT2D eigenvalue weighted by atomic mass is 16.6. The predicted octanol–water partition coefficient (Wildman–Crippen LogP) is -2.19. The number of aliphatic hydroxyl groups is 3. The third-order valence-corrected chi connectivity index (χ3v) is 3.23. The van der Waals surface area contributed by atoms with Gasteiger partial charge in [-0.2, -0.15) is 0 Å². The second-order valence-corrected chi connectivity index (χ2v) is 4.26. The summed E-state index contributed by atoms with van der Waals surface area (Å²) < 4.78 is 5.29. The Labute approximate surface area is 88.2 Å². The molecule has 0 aromatic carbocycles. The van der Waals surface area contributed by atoms with Crippen LogP contribution in [0.4, 0.5) is 0 Å². The molecule has 0 aromatic rings. The molecule has 2 saturated heterocycles. The lowest BCUT2D eigenvalue weighted by atomic mass is 10.00. The summed E-state index contributed by atoms with van der Waals surface area (Å²) in [6.07, 6.45) is -1.58. The molecule has 6 heteroatoms. The SMILES string of the molecule is NC1(N2CCCC2)OC[C@@H](O)[C@H](O)[C@H]1O. The fraction of sp³-hybridized carbons (Fsp3) is 1.00. The first kappa shape index (κ1) is 11.3. The number of hydrogen-bond donors (Lipinski definition) is 4. The van der Waals surface area contributed by atoms with Crippen LogP contribution in [0.5, 0.6) is 0 Å². The van der Waals surface area contributed by atoms with Gasteiger partial charge in [0.15, 0.2) is 0 Å². The number of likely N-dealkylation sites (tertiary alicyclic amines) is 1. The second kappa shape index (κ2) is 3.97. The molecule has 88 valence electrons. The molecule has 2 rings (SSSR count). The van der Waals surface area contributed by atoms with Crippen LogP contribution in [0.3, 0.4) is 0 Å². The summed E-state index contributed by atoms with van der Waals surface area (Å²) in [7, 11) is 0. The van der Waals surface area contributed by atoms with Crippen LogP contribution in [0.15, 0.2) is 0 Å². The quantitative estimate of drug-likeness (QED) is 0.399. The van der Waals surface area contributed by atoms with E-state index in [1.165, 1.54) is 0 Å². The minimum Gasteiger partial charge on any atom is -0.388 e. The molecule has 6 nitrogen and oxygen atoms in total. The maximum absolute atomic E-state index is 9.83. The topological polar surface area (TPSA) is 99.2 Å². The Kier molecular flexibility index (Phi) is 2.98. The predicted molar refractivity (Wildman–Crippen MR) is 51.7 cm³/mol. The van der Waals surface area contributed by atoms with E-state index in [1.807, 2.05) is 4.90 Å². The molecule has 5 N–H and O–H groups in total. The van der Waals surface area contributed by atoms with Gasteiger partial charge in [-0.25, -0.2) is 0 Å². The Morgan fingerprint density at radius 3 is 2.40 bits per heavy atom. The van der Waals surface area contributed by atoms with Gasteiger partial charge in [-0.15, -0.1) is 0 Å². The van der Waals surface area contributed by atoms with Crippen molar-refractivity contribution in [2.45, 2.75) is 37.0 Å². The average molecular weight is 218 g/mol. The zero-order valence-corrected chi connectivity index (χ0v) is 8.54. The molecular formula is C9H18N2O4. The van der Waals surface area contributed by atoms with E-state index < -0.39 is 24.2 Å². The van der Waals surface area contributed by atoms with Gasteiger partial charge in [-0.1, -0.05) is 0 Å². The molecule has 0 spiro atoms. The fourth-order valence-electron chi connectivity index (χ4n) is 2.20. The summed E-state index contributed by atoms with van der Waals surface area (Å²) in [6, 6.07) is 0. The summed E-state index contributed by atoms with van der Waals surface area (Å²) in [6.45, 7) is 1.44. The van der Waals surface area contributed by atoms with Crippen LogP contribution in [-0.2, 0) is 4.74 Å². The Morgan fingerprint density at radius 1 is 1.20 bits per heavy atom. The normalized spacial score (nSPS) is 48.4. The van der Waals surface area contributed by atoms with Crippen LogP contribution in [-0.4, -0.2) is 64.1 Å². The van der Waals surface area contributed by atoms with Crippen LogP contribution in [0.2, 0.25) is 0 Å². The summed E-state index contributed by atoms with van der Waals surface area (Å²) in [4.78, 5) is 1.81. The third kappa shape index (κ3) is 1.77. The van der Waals surface area contributed by atoms with Gasteiger partial charge in [0.25, 0.3) is 0 Å². The molecule has 2 heterocycles. The van der Waals surface area contributed by atoms with Crippen molar-refractivity contribution in [1.29, 1.82) is 0 Å². The molecule has 0 bridgehead atoms. The van der Waals surface area contributed by atoms with Gasteiger partial charge in [0, 0.05) is 13.1 Å². The molecule has 0 saturated carbocycles. The molecule has 2 aliphatic rings. The third-order valence-electron chi connectivity index (χ3n) is 3.23. The average Bonchev–Trinajstić information content (AvgIpc) is 2.75. The fourth-order valence-corrected chi connectivity index (χ4v) is 2.20. The molecule has 1 unspecified atom stereocenters. The van der Waals surface area contributed by atoms with Crippen molar-refractivity contribution in [2.75, 3.05) is 19.7 Å². The minimum atomic E-state index is -1.35. The summed E-state index contributed by atoms with van der Waals surface area (Å²) in [5.74, 6) is -1.35. The molecule has 0 aliphatic carbocycles. The minimum absolute atomic E-state index is 0.0504. The van der Waals surface area contributed by atoms with E-state index in [0.717, 1.165) is 25.9 Å². The Balaban J connectivity index is 2.12. The lowest BCUT2D eigenvalue weighted by Gasteiger charge is -2.47. The Morgan fingerprint density at radius 2 is 1.80 bits per heavy atom. The smallest absolute Gasteiger partial charge is 0.204 e. The first-order valence-electron chi connectivity index (χ1n) is 5.28. The van der Waals surface area contributed by atoms with E-state index in [1.54, 1.807) is 0 Å². The molecule has 2 fully saturated rings. The molecule has 2 aliphatic heterocycles. The van der Waals surface area contributed by atoms with Crippen molar-refractivity contribution in [3.8, 4) is 0 Å². The summed E-state index contributed by atoms with van der Waals surface area (Å²) in [5.41, 5.74) is 5.94. The van der Waals surface area contributed by atoms with Crippen molar-refractivity contribution in [3.05, 3.63) is 0 Å². The Bertz CT molecular complexity index is 234. The maximum atomic E-state index is 9.83. The lowest BCUT2D eigenvalue weighted by molar-refractivity contribution is -0.284. The number of rotatable bonds is 1. The van der Waals surface area contributed by atoms with E-state index in [9.17, 15) is 15.3 Å². The van der Waals surface area contributed by atoms with E-state index in [2.05, 4.69) is 0 Å². The highest BCUT2D eigenvalue weighted by Gasteiger charge is 2.51. The van der Waals surface area contributed by atoms with Crippen molar-refractivity contribution >= 4 is 0 Å². The van der Waals surface area contributed by atoms with Gasteiger partial charge in [0.1, 0.15) is 18.3 Å². The number of nitrogens with two attached hydrogens (primary N) is 1. The zero-order valence-electron chi connectivity index (χ0n) is 8.54. The van der Waals surface area contributed by atoms with Gasteiger partial charge < -0.3 is 20.1 Å². The van der Waals surface area contributed by atoms with Crippen molar-refractivity contribution in [2.24, 2.45) is 5.73 Å². The molecular weight excluding hydrogens is 200 g/mol. The maximum Gasteiger partial charge on any atom is 0.204 e. The van der Waals surface area contributed by atoms with Gasteiger partial charge in [-0.05, 0) is 12.8 Å². The Hall–Kier alpha value is -0.240. The molecule has 0 aromatic heterocycles. The van der Waals surface area contributed by atoms with E-state index in [-0.39, 0.29) is 6.61 Å². The van der Waals surface area contributed by atoms with Crippen LogP contribution in [0.1, 0.15) is 12.8 Å². The van der Waals surface area contributed by atoms with Crippen LogP contribution >= 0.6 is 0 Å². The second-order valence-electron chi connectivity index (χ2n) is 4.26. The number of aliphatic hydroxyl groups excluding tert-OH is 3. The van der Waals surface area contributed by atoms with Gasteiger partial charge in [0.05, 0.1) is 6.61 Å². The standard InChI is InChI=1S/C9H18N2O4/c10-9(11-3-1-2-4-11)8(14)7(13)6(12)5-15-9/h6-8,12-14H,1-5,10H2/t6-,7+,8-,9?/m1/s1. The lowest BCUT2D eigenvalue weighted by Crippen LogP contribution is -2.72. The molecule has 15 heavy (non-hydrogen) atoms. The number of ether oxygens (including phenoxy) is 1. The number of hydrogen-bond acceptors (Lipinski definition) is 6.